The van der Waals surface area contributed by atoms with Gasteiger partial charge in [0, 0.05) is 12.4 Å². The third-order valence-electron chi connectivity index (χ3n) is 4.23. The van der Waals surface area contributed by atoms with Crippen molar-refractivity contribution in [3.05, 3.63) is 75.9 Å². The maximum absolute atomic E-state index is 12.7. The Morgan fingerprint density at radius 2 is 1.71 bits per heavy atom. The topological polar surface area (TPSA) is 77.1 Å². The van der Waals surface area contributed by atoms with Crippen molar-refractivity contribution in [2.45, 2.75) is 13.0 Å². The van der Waals surface area contributed by atoms with Crippen molar-refractivity contribution in [2.75, 3.05) is 5.73 Å². The molecule has 0 aliphatic heterocycles. The second-order valence-electron chi connectivity index (χ2n) is 5.77. The van der Waals surface area contributed by atoms with Gasteiger partial charge in [-0.3, -0.25) is 9.59 Å². The van der Waals surface area contributed by atoms with Crippen LogP contribution in [0.2, 0.25) is 0 Å². The number of amides is 1. The highest BCUT2D eigenvalue weighted by Gasteiger charge is 2.21. The Labute approximate surface area is 139 Å². The van der Waals surface area contributed by atoms with E-state index in [0.29, 0.717) is 10.9 Å². The predicted molar refractivity (Wildman–Crippen MR) is 95.9 cm³/mol. The fourth-order valence-corrected chi connectivity index (χ4v) is 2.82. The van der Waals surface area contributed by atoms with Crippen LogP contribution in [0.25, 0.3) is 10.9 Å². The molecule has 0 spiro atoms. The van der Waals surface area contributed by atoms with Gasteiger partial charge in [-0.15, -0.1) is 0 Å². The highest BCUT2D eigenvalue weighted by atomic mass is 16.2. The van der Waals surface area contributed by atoms with Crippen LogP contribution in [0.15, 0.2) is 59.4 Å². The highest BCUT2D eigenvalue weighted by Crippen LogP contribution is 2.18. The molecule has 3 N–H and O–H groups in total. The van der Waals surface area contributed by atoms with E-state index < -0.39 is 5.91 Å². The maximum Gasteiger partial charge on any atom is 0.259 e. The summed E-state index contributed by atoms with van der Waals surface area (Å²) in [4.78, 5) is 25.4. The quantitative estimate of drug-likeness (QED) is 0.778. The van der Waals surface area contributed by atoms with Crippen LogP contribution in [-0.2, 0) is 7.05 Å². The van der Waals surface area contributed by atoms with Crippen LogP contribution >= 0.6 is 0 Å². The summed E-state index contributed by atoms with van der Waals surface area (Å²) in [6, 6.07) is 16.5. The number of fused-ring (bicyclic) bond motifs is 1. The van der Waals surface area contributed by atoms with Crippen molar-refractivity contribution in [1.82, 2.24) is 9.88 Å². The van der Waals surface area contributed by atoms with E-state index in [2.05, 4.69) is 5.32 Å². The average Bonchev–Trinajstić information content (AvgIpc) is 2.60. The molecule has 122 valence electrons. The van der Waals surface area contributed by atoms with Gasteiger partial charge in [0.15, 0.2) is 0 Å². The van der Waals surface area contributed by atoms with E-state index in [9.17, 15) is 9.59 Å². The van der Waals surface area contributed by atoms with Gasteiger partial charge >= 0.3 is 0 Å². The van der Waals surface area contributed by atoms with Gasteiger partial charge in [0.2, 0.25) is 5.43 Å². The molecule has 1 atom stereocenters. The lowest BCUT2D eigenvalue weighted by molar-refractivity contribution is 0.0939. The number of nitrogen functional groups attached to an aromatic ring is 1. The van der Waals surface area contributed by atoms with Crippen LogP contribution in [0, 0.1) is 0 Å². The van der Waals surface area contributed by atoms with E-state index in [-0.39, 0.29) is 22.9 Å². The lowest BCUT2D eigenvalue weighted by Gasteiger charge is -2.17. The molecule has 0 unspecified atom stereocenters. The molecule has 24 heavy (non-hydrogen) atoms. The van der Waals surface area contributed by atoms with Gasteiger partial charge in [-0.05, 0) is 24.6 Å². The fourth-order valence-electron chi connectivity index (χ4n) is 2.82. The third kappa shape index (κ3) is 2.65. The largest absolute Gasteiger partial charge is 0.384 e. The summed E-state index contributed by atoms with van der Waals surface area (Å²) in [6.07, 6.45) is 0. The summed E-state index contributed by atoms with van der Waals surface area (Å²) >= 11 is 0. The zero-order valence-corrected chi connectivity index (χ0v) is 13.6. The molecule has 0 aliphatic carbocycles. The van der Waals surface area contributed by atoms with Gasteiger partial charge in [0.05, 0.1) is 11.6 Å². The molecular weight excluding hydrogens is 302 g/mol. The van der Waals surface area contributed by atoms with Crippen LogP contribution in [0.5, 0.6) is 0 Å². The number of pyridine rings is 1. The lowest BCUT2D eigenvalue weighted by Crippen LogP contribution is -2.33. The number of anilines is 1. The Balaban J connectivity index is 2.03. The molecule has 0 bridgehead atoms. The minimum atomic E-state index is -0.463. The van der Waals surface area contributed by atoms with E-state index >= 15 is 0 Å². The molecule has 3 aromatic rings. The summed E-state index contributed by atoms with van der Waals surface area (Å²) in [7, 11) is 1.74. The third-order valence-corrected chi connectivity index (χ3v) is 4.23. The lowest BCUT2D eigenvalue weighted by atomic mass is 10.1. The van der Waals surface area contributed by atoms with Crippen molar-refractivity contribution in [3.63, 3.8) is 0 Å². The number of benzene rings is 2. The Bertz CT molecular complexity index is 962. The molecule has 5 nitrogen and oxygen atoms in total. The van der Waals surface area contributed by atoms with E-state index in [4.69, 9.17) is 5.73 Å². The second kappa shape index (κ2) is 6.20. The molecule has 0 fully saturated rings. The van der Waals surface area contributed by atoms with Crippen molar-refractivity contribution < 1.29 is 4.79 Å². The SMILES string of the molecule is C[C@H](NC(=O)c1c(N)n(C)c2ccccc2c1=O)c1ccccc1. The fraction of sp³-hybridized carbons (Fsp3) is 0.158. The Hall–Kier alpha value is -3.08. The molecule has 0 saturated heterocycles. The van der Waals surface area contributed by atoms with E-state index in [1.807, 2.05) is 43.3 Å². The maximum atomic E-state index is 12.7. The molecule has 0 radical (unpaired) electrons. The zero-order valence-electron chi connectivity index (χ0n) is 13.6. The number of aryl methyl sites for hydroxylation is 1. The van der Waals surface area contributed by atoms with Crippen molar-refractivity contribution in [1.29, 1.82) is 0 Å². The number of aromatic nitrogens is 1. The number of para-hydroxylation sites is 1. The van der Waals surface area contributed by atoms with Crippen LogP contribution in [0.1, 0.15) is 28.9 Å². The van der Waals surface area contributed by atoms with Gasteiger partial charge in [-0.1, -0.05) is 42.5 Å². The number of hydrogen-bond donors (Lipinski definition) is 2. The average molecular weight is 321 g/mol. The monoisotopic (exact) mass is 321 g/mol. The van der Waals surface area contributed by atoms with Crippen LogP contribution in [-0.4, -0.2) is 10.5 Å². The van der Waals surface area contributed by atoms with Gasteiger partial charge in [0.25, 0.3) is 5.91 Å². The van der Waals surface area contributed by atoms with E-state index in [1.54, 1.807) is 29.8 Å². The van der Waals surface area contributed by atoms with Crippen LogP contribution in [0.3, 0.4) is 0 Å². The van der Waals surface area contributed by atoms with Crippen molar-refractivity contribution in [2.24, 2.45) is 7.05 Å². The summed E-state index contributed by atoms with van der Waals surface area (Å²) in [5.74, 6) is -0.299. The number of carbonyl (C=O) groups is 1. The van der Waals surface area contributed by atoms with Gasteiger partial charge in [-0.25, -0.2) is 0 Å². The van der Waals surface area contributed by atoms with E-state index in [0.717, 1.165) is 5.56 Å². The second-order valence-corrected chi connectivity index (χ2v) is 5.77. The number of rotatable bonds is 3. The van der Waals surface area contributed by atoms with Crippen LogP contribution in [0.4, 0.5) is 5.82 Å². The Morgan fingerprint density at radius 1 is 1.08 bits per heavy atom. The summed E-state index contributed by atoms with van der Waals surface area (Å²) in [5.41, 5.74) is 7.37. The van der Waals surface area contributed by atoms with Crippen molar-refractivity contribution >= 4 is 22.6 Å². The molecule has 1 heterocycles. The Kier molecular flexibility index (Phi) is 4.08. The minimum Gasteiger partial charge on any atom is -0.384 e. The first-order chi connectivity index (χ1) is 11.5. The number of nitrogens with zero attached hydrogens (tertiary/aromatic N) is 1. The standard InChI is InChI=1S/C19H19N3O2/c1-12(13-8-4-3-5-9-13)21-19(24)16-17(23)14-10-6-7-11-15(14)22(2)18(16)20/h3-12H,20H2,1-2H3,(H,21,24)/t12-/m0/s1. The molecule has 1 amide bonds. The molecule has 3 rings (SSSR count). The first-order valence-corrected chi connectivity index (χ1v) is 7.73. The molecular formula is C19H19N3O2. The van der Waals surface area contributed by atoms with Crippen LogP contribution < -0.4 is 16.5 Å². The number of hydrogen-bond acceptors (Lipinski definition) is 3. The highest BCUT2D eigenvalue weighted by molar-refractivity contribution is 6.02. The molecule has 1 aromatic heterocycles. The summed E-state index contributed by atoms with van der Waals surface area (Å²) < 4.78 is 1.67. The number of carbonyl (C=O) groups excluding carboxylic acids is 1. The molecule has 5 heteroatoms. The first kappa shape index (κ1) is 15.8. The summed E-state index contributed by atoms with van der Waals surface area (Å²) in [6.45, 7) is 1.87. The van der Waals surface area contributed by atoms with Gasteiger partial charge in [0.1, 0.15) is 11.4 Å². The first-order valence-electron chi connectivity index (χ1n) is 7.73. The molecule has 0 saturated carbocycles. The minimum absolute atomic E-state index is 0.0148. The molecule has 2 aromatic carbocycles. The number of nitrogens with one attached hydrogen (secondary N) is 1. The van der Waals surface area contributed by atoms with Crippen molar-refractivity contribution in [3.8, 4) is 0 Å². The molecule has 0 aliphatic rings. The normalized spacial score (nSPS) is 12.1. The van der Waals surface area contributed by atoms with Gasteiger partial charge in [-0.2, -0.15) is 0 Å². The Morgan fingerprint density at radius 3 is 2.42 bits per heavy atom. The van der Waals surface area contributed by atoms with Gasteiger partial charge < -0.3 is 15.6 Å². The predicted octanol–water partition coefficient (Wildman–Crippen LogP) is 2.61. The zero-order chi connectivity index (χ0) is 17.3. The van der Waals surface area contributed by atoms with E-state index in [1.165, 1.54) is 0 Å². The number of nitrogens with two attached hydrogens (primary N) is 1. The summed E-state index contributed by atoms with van der Waals surface area (Å²) in [5, 5.41) is 3.33. The smallest absolute Gasteiger partial charge is 0.259 e.